The lowest BCUT2D eigenvalue weighted by Gasteiger charge is -2.36. The van der Waals surface area contributed by atoms with E-state index in [1.165, 1.54) is 0 Å². The van der Waals surface area contributed by atoms with Crippen molar-refractivity contribution >= 4 is 11.8 Å². The average molecular weight is 349 g/mol. The molecule has 0 unspecified atom stereocenters. The second-order valence-corrected chi connectivity index (χ2v) is 7.04. The second-order valence-electron chi connectivity index (χ2n) is 7.04. The van der Waals surface area contributed by atoms with Gasteiger partial charge in [-0.1, -0.05) is 5.16 Å². The van der Waals surface area contributed by atoms with Crippen molar-refractivity contribution in [2.75, 3.05) is 45.8 Å². The highest BCUT2D eigenvalue weighted by Gasteiger charge is 2.27. The zero-order valence-electron chi connectivity index (χ0n) is 14.8. The maximum atomic E-state index is 12.4. The Morgan fingerprint density at radius 3 is 2.36 bits per heavy atom. The Hall–Kier alpha value is -1.93. The highest BCUT2D eigenvalue weighted by Crippen LogP contribution is 2.17. The largest absolute Gasteiger partial charge is 0.369 e. The van der Waals surface area contributed by atoms with E-state index in [-0.39, 0.29) is 17.7 Å². The van der Waals surface area contributed by atoms with Gasteiger partial charge in [-0.05, 0) is 19.8 Å². The minimum absolute atomic E-state index is 0.0766. The van der Waals surface area contributed by atoms with Gasteiger partial charge >= 0.3 is 0 Å². The van der Waals surface area contributed by atoms with E-state index in [4.69, 9.17) is 10.3 Å². The summed E-state index contributed by atoms with van der Waals surface area (Å²) >= 11 is 0. The predicted molar refractivity (Wildman–Crippen MR) is 91.5 cm³/mol. The van der Waals surface area contributed by atoms with Crippen molar-refractivity contribution in [3.63, 3.8) is 0 Å². The van der Waals surface area contributed by atoms with Crippen LogP contribution in [0, 0.1) is 12.8 Å². The smallest absolute Gasteiger partial charge is 0.236 e. The van der Waals surface area contributed by atoms with Crippen LogP contribution in [0.5, 0.6) is 0 Å². The van der Waals surface area contributed by atoms with Crippen LogP contribution >= 0.6 is 0 Å². The van der Waals surface area contributed by atoms with Crippen molar-refractivity contribution in [1.82, 2.24) is 19.9 Å². The molecule has 3 heterocycles. The summed E-state index contributed by atoms with van der Waals surface area (Å²) in [5.74, 6) is 0.721. The van der Waals surface area contributed by atoms with Crippen molar-refractivity contribution in [2.45, 2.75) is 26.3 Å². The van der Waals surface area contributed by atoms with Crippen LogP contribution in [-0.2, 0) is 16.1 Å². The Morgan fingerprint density at radius 2 is 1.80 bits per heavy atom. The number of hydrogen-bond acceptors (Lipinski definition) is 6. The minimum Gasteiger partial charge on any atom is -0.369 e. The number of carbonyl (C=O) groups excluding carboxylic acids is 2. The number of likely N-dealkylation sites (tertiary alicyclic amines) is 1. The van der Waals surface area contributed by atoms with Crippen LogP contribution < -0.4 is 5.73 Å². The van der Waals surface area contributed by atoms with Gasteiger partial charge in [0, 0.05) is 51.3 Å². The summed E-state index contributed by atoms with van der Waals surface area (Å²) in [7, 11) is 0. The summed E-state index contributed by atoms with van der Waals surface area (Å²) < 4.78 is 5.26. The lowest BCUT2D eigenvalue weighted by atomic mass is 9.96. The van der Waals surface area contributed by atoms with Gasteiger partial charge in [0.1, 0.15) is 0 Å². The van der Waals surface area contributed by atoms with Gasteiger partial charge in [-0.2, -0.15) is 0 Å². The SMILES string of the molecule is Cc1cc(CN2CCN(CC(=O)N3CCC(C(N)=O)CC3)CC2)on1. The van der Waals surface area contributed by atoms with Crippen molar-refractivity contribution in [3.8, 4) is 0 Å². The number of nitrogens with two attached hydrogens (primary N) is 1. The lowest BCUT2D eigenvalue weighted by Crippen LogP contribution is -2.51. The molecule has 2 fully saturated rings. The summed E-state index contributed by atoms with van der Waals surface area (Å²) in [6.45, 7) is 7.98. The molecule has 138 valence electrons. The van der Waals surface area contributed by atoms with E-state index < -0.39 is 0 Å². The highest BCUT2D eigenvalue weighted by atomic mass is 16.5. The normalized spacial score (nSPS) is 20.8. The number of carbonyl (C=O) groups is 2. The molecular formula is C17H27N5O3. The fraction of sp³-hybridized carbons (Fsp3) is 0.706. The molecule has 0 saturated carbocycles. The quantitative estimate of drug-likeness (QED) is 0.793. The van der Waals surface area contributed by atoms with Crippen LogP contribution in [0.2, 0.25) is 0 Å². The number of piperidine rings is 1. The molecule has 2 aliphatic rings. The molecule has 2 aliphatic heterocycles. The fourth-order valence-electron chi connectivity index (χ4n) is 3.52. The van der Waals surface area contributed by atoms with Crippen LogP contribution in [-0.4, -0.2) is 77.5 Å². The summed E-state index contributed by atoms with van der Waals surface area (Å²) in [6, 6.07) is 1.96. The summed E-state index contributed by atoms with van der Waals surface area (Å²) in [5, 5.41) is 3.91. The molecule has 0 atom stereocenters. The summed E-state index contributed by atoms with van der Waals surface area (Å²) in [6.07, 6.45) is 1.37. The van der Waals surface area contributed by atoms with Crippen LogP contribution in [0.4, 0.5) is 0 Å². The molecule has 3 rings (SSSR count). The molecule has 2 N–H and O–H groups in total. The van der Waals surface area contributed by atoms with Gasteiger partial charge in [0.05, 0.1) is 18.8 Å². The number of hydrogen-bond donors (Lipinski definition) is 1. The molecule has 2 saturated heterocycles. The first kappa shape index (κ1) is 17.9. The Labute approximate surface area is 147 Å². The average Bonchev–Trinajstić information content (AvgIpc) is 3.01. The topological polar surface area (TPSA) is 95.9 Å². The first-order chi connectivity index (χ1) is 12.0. The molecule has 2 amide bonds. The Kier molecular flexibility index (Phi) is 5.70. The van der Waals surface area contributed by atoms with Crippen LogP contribution in [0.25, 0.3) is 0 Å². The van der Waals surface area contributed by atoms with Gasteiger partial charge in [-0.3, -0.25) is 19.4 Å². The molecule has 0 spiro atoms. The van der Waals surface area contributed by atoms with E-state index >= 15 is 0 Å². The van der Waals surface area contributed by atoms with Gasteiger partial charge in [0.25, 0.3) is 0 Å². The predicted octanol–water partition coefficient (Wildman–Crippen LogP) is -0.175. The Morgan fingerprint density at radius 1 is 1.16 bits per heavy atom. The van der Waals surface area contributed by atoms with E-state index in [9.17, 15) is 9.59 Å². The summed E-state index contributed by atoms with van der Waals surface area (Å²) in [5.41, 5.74) is 6.24. The molecule has 0 aromatic carbocycles. The highest BCUT2D eigenvalue weighted by molar-refractivity contribution is 5.80. The maximum Gasteiger partial charge on any atom is 0.236 e. The van der Waals surface area contributed by atoms with Crippen LogP contribution in [0.1, 0.15) is 24.3 Å². The number of rotatable bonds is 5. The van der Waals surface area contributed by atoms with Crippen LogP contribution in [0.15, 0.2) is 10.6 Å². The molecule has 0 bridgehead atoms. The van der Waals surface area contributed by atoms with Gasteiger partial charge < -0.3 is 15.2 Å². The number of aromatic nitrogens is 1. The zero-order chi connectivity index (χ0) is 17.8. The van der Waals surface area contributed by atoms with Crippen molar-refractivity contribution in [1.29, 1.82) is 0 Å². The third-order valence-corrected chi connectivity index (χ3v) is 5.13. The molecule has 1 aromatic heterocycles. The number of nitrogens with zero attached hydrogens (tertiary/aromatic N) is 4. The van der Waals surface area contributed by atoms with Crippen molar-refractivity contribution in [2.24, 2.45) is 11.7 Å². The standard InChI is InChI=1S/C17H27N5O3/c1-13-10-15(25-19-13)11-20-6-8-21(9-7-20)12-16(23)22-4-2-14(3-5-22)17(18)24/h10,14H,2-9,11-12H2,1H3,(H2,18,24). The second kappa shape index (κ2) is 7.97. The van der Waals surface area contributed by atoms with Gasteiger partial charge in [0.15, 0.2) is 5.76 Å². The van der Waals surface area contributed by atoms with E-state index in [0.717, 1.165) is 44.2 Å². The minimum atomic E-state index is -0.245. The molecule has 0 aliphatic carbocycles. The molecule has 0 radical (unpaired) electrons. The number of primary amides is 1. The lowest BCUT2D eigenvalue weighted by molar-refractivity contribution is -0.136. The molecule has 8 nitrogen and oxygen atoms in total. The third-order valence-electron chi connectivity index (χ3n) is 5.13. The summed E-state index contributed by atoms with van der Waals surface area (Å²) in [4.78, 5) is 30.0. The molecular weight excluding hydrogens is 322 g/mol. The Balaban J connectivity index is 1.38. The monoisotopic (exact) mass is 349 g/mol. The molecule has 25 heavy (non-hydrogen) atoms. The molecule has 1 aromatic rings. The van der Waals surface area contributed by atoms with Crippen LogP contribution in [0.3, 0.4) is 0 Å². The zero-order valence-corrected chi connectivity index (χ0v) is 14.8. The maximum absolute atomic E-state index is 12.4. The van der Waals surface area contributed by atoms with E-state index in [2.05, 4.69) is 15.0 Å². The first-order valence-corrected chi connectivity index (χ1v) is 8.95. The van der Waals surface area contributed by atoms with Crippen molar-refractivity contribution < 1.29 is 14.1 Å². The number of amides is 2. The van der Waals surface area contributed by atoms with Crippen molar-refractivity contribution in [3.05, 3.63) is 17.5 Å². The van der Waals surface area contributed by atoms with E-state index in [0.29, 0.717) is 32.5 Å². The van der Waals surface area contributed by atoms with Gasteiger partial charge in [-0.15, -0.1) is 0 Å². The van der Waals surface area contributed by atoms with E-state index in [1.807, 2.05) is 17.9 Å². The fourth-order valence-corrected chi connectivity index (χ4v) is 3.52. The van der Waals surface area contributed by atoms with E-state index in [1.54, 1.807) is 0 Å². The van der Waals surface area contributed by atoms with Gasteiger partial charge in [0.2, 0.25) is 11.8 Å². The first-order valence-electron chi connectivity index (χ1n) is 8.95. The Bertz CT molecular complexity index is 601. The number of piperazine rings is 1. The third kappa shape index (κ3) is 4.79. The number of aryl methyl sites for hydroxylation is 1. The molecule has 8 heteroatoms. The van der Waals surface area contributed by atoms with Gasteiger partial charge in [-0.25, -0.2) is 0 Å².